The predicted molar refractivity (Wildman–Crippen MR) is 200 cm³/mol. The first-order valence-electron chi connectivity index (χ1n) is 16.3. The van der Waals surface area contributed by atoms with Gasteiger partial charge in [-0.15, -0.1) is 0 Å². The summed E-state index contributed by atoms with van der Waals surface area (Å²) < 4.78 is 4.49. The molecule has 50 heavy (non-hydrogen) atoms. The third kappa shape index (κ3) is 4.38. The molecule has 5 nitrogen and oxygen atoms in total. The van der Waals surface area contributed by atoms with Crippen molar-refractivity contribution in [2.24, 2.45) is 0 Å². The number of hydrogen-bond donors (Lipinski definition) is 0. The fourth-order valence-electron chi connectivity index (χ4n) is 7.42. The lowest BCUT2D eigenvalue weighted by Crippen LogP contribution is -2.00. The fourth-order valence-corrected chi connectivity index (χ4v) is 7.42. The summed E-state index contributed by atoms with van der Waals surface area (Å²) in [5.74, 6) is 0. The number of para-hydroxylation sites is 3. The van der Waals surface area contributed by atoms with E-state index in [0.717, 1.165) is 66.5 Å². The van der Waals surface area contributed by atoms with Crippen molar-refractivity contribution in [3.8, 4) is 51.8 Å². The minimum atomic E-state index is 0.517. The SMILES string of the molecule is N#Cc1ccc(-c2cccc(-n3c4ccccc4c4ccccc43)c2)c(-c2cc(C#N)ccc2-n2c3ccccc3c3cc(C#N)ccc32)c1. The van der Waals surface area contributed by atoms with Gasteiger partial charge in [-0.2, -0.15) is 15.8 Å². The third-order valence-corrected chi connectivity index (χ3v) is 9.60. The quantitative estimate of drug-likeness (QED) is 0.193. The van der Waals surface area contributed by atoms with Gasteiger partial charge in [-0.3, -0.25) is 0 Å². The normalized spacial score (nSPS) is 11.1. The maximum Gasteiger partial charge on any atom is 0.0991 e. The highest BCUT2D eigenvalue weighted by molar-refractivity contribution is 6.11. The smallest absolute Gasteiger partial charge is 0.0991 e. The Hall–Kier alpha value is -7.39. The molecule has 5 heteroatoms. The molecule has 0 aliphatic heterocycles. The first kappa shape index (κ1) is 28.8. The largest absolute Gasteiger partial charge is 0.309 e. The van der Waals surface area contributed by atoms with Gasteiger partial charge in [-0.25, -0.2) is 0 Å². The van der Waals surface area contributed by atoms with E-state index in [0.29, 0.717) is 16.7 Å². The fraction of sp³-hybridized carbons (Fsp3) is 0. The van der Waals surface area contributed by atoms with Gasteiger partial charge in [0, 0.05) is 32.8 Å². The molecule has 0 saturated heterocycles. The van der Waals surface area contributed by atoms with Crippen LogP contribution >= 0.6 is 0 Å². The zero-order valence-electron chi connectivity index (χ0n) is 26.7. The molecule has 0 unspecified atom stereocenters. The minimum absolute atomic E-state index is 0.517. The van der Waals surface area contributed by atoms with Crippen molar-refractivity contribution in [2.45, 2.75) is 0 Å². The van der Waals surface area contributed by atoms with Crippen LogP contribution in [-0.4, -0.2) is 9.13 Å². The number of nitriles is 3. The van der Waals surface area contributed by atoms with Crippen molar-refractivity contribution in [2.75, 3.05) is 0 Å². The molecule has 0 atom stereocenters. The van der Waals surface area contributed by atoms with Crippen molar-refractivity contribution >= 4 is 43.6 Å². The topological polar surface area (TPSA) is 81.2 Å². The van der Waals surface area contributed by atoms with E-state index in [1.54, 1.807) is 0 Å². The molecular weight excluding hydrogens is 611 g/mol. The summed E-state index contributed by atoms with van der Waals surface area (Å²) in [6.07, 6.45) is 0. The van der Waals surface area contributed by atoms with Gasteiger partial charge < -0.3 is 9.13 Å². The van der Waals surface area contributed by atoms with Gasteiger partial charge >= 0.3 is 0 Å². The second kappa shape index (κ2) is 11.4. The molecule has 0 saturated carbocycles. The van der Waals surface area contributed by atoms with E-state index < -0.39 is 0 Å². The Balaban J connectivity index is 1.32. The molecular formula is C45H25N5. The molecule has 0 fully saturated rings. The lowest BCUT2D eigenvalue weighted by Gasteiger charge is -2.18. The van der Waals surface area contributed by atoms with Crippen LogP contribution in [0.15, 0.2) is 152 Å². The van der Waals surface area contributed by atoms with Crippen LogP contribution in [0.2, 0.25) is 0 Å². The minimum Gasteiger partial charge on any atom is -0.309 e. The number of fused-ring (bicyclic) bond motifs is 6. The van der Waals surface area contributed by atoms with Crippen LogP contribution in [0.25, 0.3) is 77.2 Å². The Morgan fingerprint density at radius 3 is 1.54 bits per heavy atom. The zero-order chi connectivity index (χ0) is 33.8. The summed E-state index contributed by atoms with van der Waals surface area (Å²) >= 11 is 0. The number of nitrogens with zero attached hydrogens (tertiary/aromatic N) is 5. The van der Waals surface area contributed by atoms with Gasteiger partial charge in [0.05, 0.1) is 62.7 Å². The van der Waals surface area contributed by atoms with Crippen LogP contribution in [0.1, 0.15) is 16.7 Å². The monoisotopic (exact) mass is 635 g/mol. The van der Waals surface area contributed by atoms with Crippen LogP contribution in [0, 0.1) is 34.0 Å². The molecule has 230 valence electrons. The van der Waals surface area contributed by atoms with Crippen LogP contribution < -0.4 is 0 Å². The average Bonchev–Trinajstić information content (AvgIpc) is 3.70. The maximum atomic E-state index is 10.1. The van der Waals surface area contributed by atoms with Crippen molar-refractivity contribution in [3.05, 3.63) is 168 Å². The molecule has 9 rings (SSSR count). The lowest BCUT2D eigenvalue weighted by atomic mass is 9.91. The molecule has 0 amide bonds. The summed E-state index contributed by atoms with van der Waals surface area (Å²) in [5, 5.41) is 34.3. The van der Waals surface area contributed by atoms with Crippen molar-refractivity contribution < 1.29 is 0 Å². The molecule has 0 N–H and O–H groups in total. The lowest BCUT2D eigenvalue weighted by molar-refractivity contribution is 1.18. The molecule has 0 radical (unpaired) electrons. The van der Waals surface area contributed by atoms with E-state index in [2.05, 4.69) is 112 Å². The van der Waals surface area contributed by atoms with E-state index >= 15 is 0 Å². The maximum absolute atomic E-state index is 10.1. The van der Waals surface area contributed by atoms with Gasteiger partial charge in [0.25, 0.3) is 0 Å². The first-order valence-corrected chi connectivity index (χ1v) is 16.3. The molecule has 0 aliphatic rings. The second-order valence-electron chi connectivity index (χ2n) is 12.3. The Morgan fingerprint density at radius 2 is 0.880 bits per heavy atom. The predicted octanol–water partition coefficient (Wildman–Crippen LogP) is 10.8. The van der Waals surface area contributed by atoms with Crippen LogP contribution in [-0.2, 0) is 0 Å². The molecule has 2 aromatic heterocycles. The molecule has 2 heterocycles. The Labute approximate surface area is 287 Å². The number of benzene rings is 7. The van der Waals surface area contributed by atoms with E-state index in [-0.39, 0.29) is 0 Å². The van der Waals surface area contributed by atoms with Crippen molar-refractivity contribution in [3.63, 3.8) is 0 Å². The number of aromatic nitrogens is 2. The van der Waals surface area contributed by atoms with Gasteiger partial charge in [-0.1, -0.05) is 72.8 Å². The van der Waals surface area contributed by atoms with E-state index in [1.807, 2.05) is 66.7 Å². The molecule has 7 aromatic carbocycles. The number of rotatable bonds is 4. The van der Waals surface area contributed by atoms with E-state index in [4.69, 9.17) is 0 Å². The van der Waals surface area contributed by atoms with Gasteiger partial charge in [0.1, 0.15) is 0 Å². The van der Waals surface area contributed by atoms with E-state index in [1.165, 1.54) is 10.8 Å². The summed E-state index contributed by atoms with van der Waals surface area (Å²) in [6, 6.07) is 57.8. The molecule has 0 aliphatic carbocycles. The van der Waals surface area contributed by atoms with Crippen LogP contribution in [0.5, 0.6) is 0 Å². The zero-order valence-corrected chi connectivity index (χ0v) is 26.7. The first-order chi connectivity index (χ1) is 24.7. The van der Waals surface area contributed by atoms with Crippen LogP contribution in [0.3, 0.4) is 0 Å². The highest BCUT2D eigenvalue weighted by atomic mass is 15.0. The standard InChI is InChI=1S/C45H25N5/c46-26-29-16-19-34(32-8-7-9-33(25-32)49-41-13-4-1-10-35(41)36-11-2-5-14-42(36)49)38(22-29)40-24-31(28-48)18-21-45(40)50-43-15-6-3-12-37(43)39-23-30(27-47)17-20-44(39)50/h1-25H. The molecule has 9 aromatic rings. The molecule has 0 spiro atoms. The van der Waals surface area contributed by atoms with Crippen molar-refractivity contribution in [1.82, 2.24) is 9.13 Å². The van der Waals surface area contributed by atoms with Crippen molar-refractivity contribution in [1.29, 1.82) is 15.8 Å². The average molecular weight is 636 g/mol. The van der Waals surface area contributed by atoms with Gasteiger partial charge in [-0.05, 0) is 95.6 Å². The highest BCUT2D eigenvalue weighted by Gasteiger charge is 2.20. The summed E-state index contributed by atoms with van der Waals surface area (Å²) in [5.41, 5.74) is 11.3. The molecule has 0 bridgehead atoms. The van der Waals surface area contributed by atoms with Crippen LogP contribution in [0.4, 0.5) is 0 Å². The Kier molecular flexibility index (Phi) is 6.56. The van der Waals surface area contributed by atoms with E-state index in [9.17, 15) is 15.8 Å². The summed E-state index contributed by atoms with van der Waals surface area (Å²) in [4.78, 5) is 0. The second-order valence-corrected chi connectivity index (χ2v) is 12.3. The third-order valence-electron chi connectivity index (χ3n) is 9.60. The summed E-state index contributed by atoms with van der Waals surface area (Å²) in [7, 11) is 0. The Morgan fingerprint density at radius 1 is 0.360 bits per heavy atom. The summed E-state index contributed by atoms with van der Waals surface area (Å²) in [6.45, 7) is 0. The Bertz CT molecular complexity index is 2920. The van der Waals surface area contributed by atoms with Gasteiger partial charge in [0.15, 0.2) is 0 Å². The number of hydrogen-bond acceptors (Lipinski definition) is 3. The van der Waals surface area contributed by atoms with Gasteiger partial charge in [0.2, 0.25) is 0 Å². The highest BCUT2D eigenvalue weighted by Crippen LogP contribution is 2.41.